The summed E-state index contributed by atoms with van der Waals surface area (Å²) in [5, 5.41) is 0. The summed E-state index contributed by atoms with van der Waals surface area (Å²) in [4.78, 5) is 0. The molecule has 0 saturated heterocycles. The molecular formula is C6H15F3O. The summed E-state index contributed by atoms with van der Waals surface area (Å²) in [6.07, 6.45) is 0. The Morgan fingerprint density at radius 2 is 1.50 bits per heavy atom. The van der Waals surface area contributed by atoms with Gasteiger partial charge in [-0.3, -0.25) is 8.78 Å². The monoisotopic (exact) mass is 160 g/mol. The van der Waals surface area contributed by atoms with Gasteiger partial charge in [-0.05, 0) is 6.92 Å². The maximum atomic E-state index is 10.9. The highest BCUT2D eigenvalue weighted by Gasteiger charge is 1.69. The van der Waals surface area contributed by atoms with Crippen molar-refractivity contribution in [2.24, 2.45) is 0 Å². The van der Waals surface area contributed by atoms with Gasteiger partial charge < -0.3 is 4.74 Å². The van der Waals surface area contributed by atoms with E-state index in [2.05, 4.69) is 4.74 Å². The summed E-state index contributed by atoms with van der Waals surface area (Å²) < 4.78 is 35.0. The van der Waals surface area contributed by atoms with Crippen molar-refractivity contribution in [2.45, 2.75) is 6.92 Å². The number of methoxy groups -OCH3 is 1. The molecule has 0 atom stereocenters. The molecule has 0 fully saturated rings. The lowest BCUT2D eigenvalue weighted by atomic mass is 10.8. The van der Waals surface area contributed by atoms with Gasteiger partial charge in [-0.1, -0.05) is 0 Å². The summed E-state index contributed by atoms with van der Waals surface area (Å²) in [6.45, 7) is 1.05. The first-order valence-corrected chi connectivity index (χ1v) is 2.82. The smallest absolute Gasteiger partial charge is 0.113 e. The van der Waals surface area contributed by atoms with Crippen molar-refractivity contribution in [2.75, 3.05) is 34.2 Å². The fourth-order valence-corrected chi connectivity index (χ4v) is 0.0772. The Bertz CT molecular complexity index is 27.0. The molecule has 0 aromatic carbocycles. The van der Waals surface area contributed by atoms with Crippen LogP contribution in [0.15, 0.2) is 0 Å². The molecule has 4 heteroatoms. The van der Waals surface area contributed by atoms with E-state index < -0.39 is 0 Å². The van der Waals surface area contributed by atoms with Gasteiger partial charge in [0.05, 0.1) is 20.5 Å². The van der Waals surface area contributed by atoms with Gasteiger partial charge in [0.1, 0.15) is 6.67 Å². The van der Waals surface area contributed by atoms with Crippen molar-refractivity contribution < 1.29 is 17.9 Å². The number of halogens is 3. The van der Waals surface area contributed by atoms with Gasteiger partial charge in [0.2, 0.25) is 0 Å². The molecule has 10 heavy (non-hydrogen) atoms. The van der Waals surface area contributed by atoms with Crippen LogP contribution in [0.3, 0.4) is 0 Å². The second-order valence-corrected chi connectivity index (χ2v) is 0.949. The summed E-state index contributed by atoms with van der Waals surface area (Å²) in [7, 11) is 1.97. The molecule has 0 amide bonds. The van der Waals surface area contributed by atoms with Crippen LogP contribution in [0, 0.1) is 0 Å². The minimum atomic E-state index is -0.378. The first-order chi connectivity index (χ1) is 4.83. The number of hydrogen-bond donors (Lipinski definition) is 0. The molecule has 0 aromatic rings. The quantitative estimate of drug-likeness (QED) is 0.601. The zero-order valence-corrected chi connectivity index (χ0v) is 6.66. The van der Waals surface area contributed by atoms with E-state index in [1.165, 1.54) is 14.0 Å². The third kappa shape index (κ3) is 115. The van der Waals surface area contributed by atoms with Crippen molar-refractivity contribution >= 4 is 0 Å². The zero-order valence-electron chi connectivity index (χ0n) is 6.66. The molecule has 0 N–H and O–H groups in total. The fraction of sp³-hybridized carbons (Fsp3) is 1.00. The molecule has 0 aliphatic rings. The standard InChI is InChI=1S/C3H7FO.C2H5F.CH3F/c1-5-3-2-4;1-2-3;1-2/h2-3H2,1H3;2H2,1H3;1H3. The lowest BCUT2D eigenvalue weighted by Crippen LogP contribution is -1.86. The van der Waals surface area contributed by atoms with Gasteiger partial charge in [-0.2, -0.15) is 0 Å². The summed E-state index contributed by atoms with van der Waals surface area (Å²) in [6, 6.07) is 0. The number of ether oxygens (including phenoxy) is 1. The van der Waals surface area contributed by atoms with E-state index in [0.717, 1.165) is 0 Å². The molecule has 0 saturated carbocycles. The van der Waals surface area contributed by atoms with E-state index in [0.29, 0.717) is 7.18 Å². The number of alkyl halides is 3. The van der Waals surface area contributed by atoms with E-state index in [4.69, 9.17) is 0 Å². The molecule has 0 radical (unpaired) electrons. The first kappa shape index (κ1) is 16.4. The van der Waals surface area contributed by atoms with E-state index >= 15 is 0 Å². The number of hydrogen-bond acceptors (Lipinski definition) is 1. The largest absolute Gasteiger partial charge is 0.382 e. The Kier molecular flexibility index (Phi) is 61.2. The molecule has 0 rings (SSSR count). The van der Waals surface area contributed by atoms with Crippen LogP contribution in [0.2, 0.25) is 0 Å². The fourth-order valence-electron chi connectivity index (χ4n) is 0.0772. The van der Waals surface area contributed by atoms with E-state index in [9.17, 15) is 13.2 Å². The van der Waals surface area contributed by atoms with Crippen LogP contribution in [0.25, 0.3) is 0 Å². The minimum absolute atomic E-state index is 0.222. The van der Waals surface area contributed by atoms with Gasteiger partial charge in [-0.25, -0.2) is 4.39 Å². The van der Waals surface area contributed by atoms with Gasteiger partial charge >= 0.3 is 0 Å². The molecular weight excluding hydrogens is 145 g/mol. The van der Waals surface area contributed by atoms with Crippen LogP contribution in [-0.2, 0) is 4.74 Å². The molecule has 0 unspecified atom stereocenters. The normalized spacial score (nSPS) is 6.60. The SMILES string of the molecule is CCF.CF.COCCF. The van der Waals surface area contributed by atoms with Gasteiger partial charge in [0.25, 0.3) is 0 Å². The second kappa shape index (κ2) is 37.4. The average Bonchev–Trinajstić information content (AvgIpc) is 1.96. The van der Waals surface area contributed by atoms with Crippen LogP contribution < -0.4 is 0 Å². The van der Waals surface area contributed by atoms with Crippen molar-refractivity contribution in [3.63, 3.8) is 0 Å². The third-order valence-electron chi connectivity index (χ3n) is 0.281. The van der Waals surface area contributed by atoms with E-state index in [1.54, 1.807) is 0 Å². The zero-order chi connectivity index (χ0) is 8.83. The van der Waals surface area contributed by atoms with Gasteiger partial charge in [0, 0.05) is 7.11 Å². The van der Waals surface area contributed by atoms with Crippen LogP contribution in [0.4, 0.5) is 13.2 Å². The highest BCUT2D eigenvalue weighted by Crippen LogP contribution is 1.64. The van der Waals surface area contributed by atoms with Crippen molar-refractivity contribution in [1.29, 1.82) is 0 Å². The average molecular weight is 160 g/mol. The Labute approximate surface area is 60.2 Å². The van der Waals surface area contributed by atoms with Gasteiger partial charge in [-0.15, -0.1) is 0 Å². The van der Waals surface area contributed by atoms with Crippen LogP contribution in [-0.4, -0.2) is 34.2 Å². The maximum Gasteiger partial charge on any atom is 0.113 e. The van der Waals surface area contributed by atoms with Crippen molar-refractivity contribution in [3.8, 4) is 0 Å². The highest BCUT2D eigenvalue weighted by atomic mass is 19.1. The van der Waals surface area contributed by atoms with Crippen LogP contribution >= 0.6 is 0 Å². The van der Waals surface area contributed by atoms with E-state index in [1.807, 2.05) is 0 Å². The Morgan fingerprint density at radius 1 is 1.20 bits per heavy atom. The molecule has 0 bridgehead atoms. The maximum absolute atomic E-state index is 10.9. The summed E-state index contributed by atoms with van der Waals surface area (Å²) in [5.41, 5.74) is 0. The molecule has 0 heterocycles. The Hall–Kier alpha value is -0.250. The summed E-state index contributed by atoms with van der Waals surface area (Å²) >= 11 is 0. The molecule has 0 aliphatic heterocycles. The number of rotatable bonds is 2. The Balaban J connectivity index is -0.0000000847. The lowest BCUT2D eigenvalue weighted by Gasteiger charge is -1.82. The van der Waals surface area contributed by atoms with Crippen molar-refractivity contribution in [1.82, 2.24) is 0 Å². The highest BCUT2D eigenvalue weighted by molar-refractivity contribution is 4.14. The molecule has 1 nitrogen and oxygen atoms in total. The predicted molar refractivity (Wildman–Crippen MR) is 36.5 cm³/mol. The molecule has 66 valence electrons. The third-order valence-corrected chi connectivity index (χ3v) is 0.281. The lowest BCUT2D eigenvalue weighted by molar-refractivity contribution is 0.175. The second-order valence-electron chi connectivity index (χ2n) is 0.949. The first-order valence-electron chi connectivity index (χ1n) is 2.82. The van der Waals surface area contributed by atoms with Crippen LogP contribution in [0.1, 0.15) is 6.92 Å². The predicted octanol–water partition coefficient (Wildman–Crippen LogP) is 2.16. The Morgan fingerprint density at radius 3 is 1.50 bits per heavy atom. The molecule has 0 aliphatic carbocycles. The molecule has 0 spiro atoms. The van der Waals surface area contributed by atoms with Crippen molar-refractivity contribution in [3.05, 3.63) is 0 Å². The topological polar surface area (TPSA) is 9.23 Å². The minimum Gasteiger partial charge on any atom is -0.382 e. The summed E-state index contributed by atoms with van der Waals surface area (Å²) in [5.74, 6) is 0. The van der Waals surface area contributed by atoms with Crippen LogP contribution in [0.5, 0.6) is 0 Å². The van der Waals surface area contributed by atoms with E-state index in [-0.39, 0.29) is 20.0 Å². The van der Waals surface area contributed by atoms with Gasteiger partial charge in [0.15, 0.2) is 0 Å². The molecule has 0 aromatic heterocycles.